The van der Waals surface area contributed by atoms with E-state index in [9.17, 15) is 0 Å². The van der Waals surface area contributed by atoms with Gasteiger partial charge in [0.05, 0.1) is 37.8 Å². The number of hydrogen-bond acceptors (Lipinski definition) is 8. The molecule has 2 aliphatic carbocycles. The molecule has 6 aliphatic rings. The summed E-state index contributed by atoms with van der Waals surface area (Å²) >= 11 is 0. The van der Waals surface area contributed by atoms with Gasteiger partial charge in [-0.15, -0.1) is 0 Å². The van der Waals surface area contributed by atoms with Crippen LogP contribution in [0.15, 0.2) is 227 Å². The number of furan rings is 2. The molecule has 9 heteroatoms. The molecule has 6 heterocycles. The lowest BCUT2D eigenvalue weighted by Gasteiger charge is -2.45. The van der Waals surface area contributed by atoms with Crippen LogP contribution < -0.4 is 45.1 Å². The van der Waals surface area contributed by atoms with Crippen molar-refractivity contribution < 1.29 is 27.8 Å². The zero-order valence-electron chi connectivity index (χ0n) is 51.9. The summed E-state index contributed by atoms with van der Waals surface area (Å²) < 4.78 is 41.3. The zero-order chi connectivity index (χ0) is 61.3. The Kier molecular flexibility index (Phi) is 11.4. The van der Waals surface area contributed by atoms with Gasteiger partial charge in [-0.3, -0.25) is 0 Å². The summed E-state index contributed by atoms with van der Waals surface area (Å²) in [4.78, 5) is 4.95. The molecule has 8 nitrogen and oxygen atoms in total. The van der Waals surface area contributed by atoms with Crippen molar-refractivity contribution in [2.45, 2.75) is 58.3 Å². The molecule has 0 fully saturated rings. The third-order valence-electron chi connectivity index (χ3n) is 20.6. The summed E-state index contributed by atoms with van der Waals surface area (Å²) in [6, 6.07) is 80.4. The molecule has 13 aromatic rings. The first-order chi connectivity index (χ1) is 45.0. The molecular formula is C83H63BN2O6. The standard InChI is InChI=1S/C83H63BN2O6/c1-48-36-69-77-70(37-48)86(58-41-54(39-56(43-58)76-47-52-17-7-13-23-72(52)92-76)50-25-27-62-60-19-9-11-21-64(60)83(4,5)66(62)45-50)79-68(29-31-74-81(79)90-35-15-33-88-74)84(77)67-28-30-73-80(89-34-14-32-87-73)78(67)85(69)57-40-53(38-55(42-57)75-46-51-16-6-12-22-71(51)91-75)49-24-26-61-59-18-8-10-20-63(59)82(2,3)65(61)44-49/h6-13,16-31,36-47H,14-15,32-35H2,1-5H3. The van der Waals surface area contributed by atoms with Crippen molar-refractivity contribution in [3.05, 3.63) is 246 Å². The summed E-state index contributed by atoms with van der Waals surface area (Å²) in [5, 5.41) is 2.09. The van der Waals surface area contributed by atoms with Crippen molar-refractivity contribution in [3.63, 3.8) is 0 Å². The van der Waals surface area contributed by atoms with Gasteiger partial charge in [0.2, 0.25) is 0 Å². The number of hydrogen-bond donors (Lipinski definition) is 0. The van der Waals surface area contributed by atoms with Crippen molar-refractivity contribution in [3.8, 4) is 90.2 Å². The van der Waals surface area contributed by atoms with Crippen LogP contribution in [-0.4, -0.2) is 33.1 Å². The van der Waals surface area contributed by atoms with Gasteiger partial charge in [-0.1, -0.05) is 149 Å². The average Bonchev–Trinajstić information content (AvgIpc) is 1.58. The third kappa shape index (κ3) is 7.84. The normalized spacial score (nSPS) is 15.6. The number of aryl methyl sites for hydroxylation is 1. The molecule has 11 aromatic carbocycles. The third-order valence-corrected chi connectivity index (χ3v) is 20.6. The predicted molar refractivity (Wildman–Crippen MR) is 373 cm³/mol. The maximum Gasteiger partial charge on any atom is 0.252 e. The van der Waals surface area contributed by atoms with Gasteiger partial charge in [0, 0.05) is 68.3 Å². The maximum atomic E-state index is 7.09. The fourth-order valence-electron chi connectivity index (χ4n) is 16.2. The SMILES string of the molecule is Cc1cc2c3c(c1)N(c1cc(-c4ccc5c(c4)C(C)(C)c4ccccc4-5)cc(-c4cc5ccccc5o4)c1)c1c(ccc4c1OCCCO4)B3c1ccc3c(c1N2c1cc(-c2ccc4c(c2)C(C)(C)c2ccccc2-4)cc(-c2cc4ccccc4o2)c1)OCCCO3. The summed E-state index contributed by atoms with van der Waals surface area (Å²) in [6.45, 7) is 13.5. The van der Waals surface area contributed by atoms with E-state index in [1.54, 1.807) is 0 Å². The van der Waals surface area contributed by atoms with E-state index in [0.29, 0.717) is 26.4 Å². The Bertz CT molecular complexity index is 4930. The highest BCUT2D eigenvalue weighted by Gasteiger charge is 2.48. The molecule has 0 bridgehead atoms. The zero-order valence-corrected chi connectivity index (χ0v) is 51.9. The molecule has 444 valence electrons. The van der Waals surface area contributed by atoms with Crippen molar-refractivity contribution >= 4 is 79.2 Å². The molecule has 0 spiro atoms. The fraction of sp³-hybridized carbons (Fsp3) is 0.157. The van der Waals surface area contributed by atoms with Crippen LogP contribution in [0.4, 0.5) is 34.1 Å². The highest BCUT2D eigenvalue weighted by atomic mass is 16.5. The molecule has 19 rings (SSSR count). The van der Waals surface area contributed by atoms with Gasteiger partial charge in [-0.05, 0) is 193 Å². The number of ether oxygens (including phenoxy) is 4. The first-order valence-corrected chi connectivity index (χ1v) is 32.4. The number of rotatable bonds is 6. The molecule has 0 amide bonds. The Balaban J connectivity index is 0.880. The molecule has 92 heavy (non-hydrogen) atoms. The Morgan fingerprint density at radius 3 is 1.27 bits per heavy atom. The van der Waals surface area contributed by atoms with Gasteiger partial charge >= 0.3 is 0 Å². The van der Waals surface area contributed by atoms with E-state index in [4.69, 9.17) is 27.8 Å². The van der Waals surface area contributed by atoms with Gasteiger partial charge in [-0.2, -0.15) is 0 Å². The van der Waals surface area contributed by atoms with Crippen molar-refractivity contribution in [1.29, 1.82) is 0 Å². The summed E-state index contributed by atoms with van der Waals surface area (Å²) in [7, 11) is 0. The highest BCUT2D eigenvalue weighted by molar-refractivity contribution is 7.00. The van der Waals surface area contributed by atoms with Crippen LogP contribution in [0.1, 0.15) is 68.4 Å². The lowest BCUT2D eigenvalue weighted by Crippen LogP contribution is -2.61. The van der Waals surface area contributed by atoms with E-state index < -0.39 is 0 Å². The molecule has 2 aromatic heterocycles. The predicted octanol–water partition coefficient (Wildman–Crippen LogP) is 19.2. The van der Waals surface area contributed by atoms with Gasteiger partial charge in [0.25, 0.3) is 6.71 Å². The van der Waals surface area contributed by atoms with E-state index in [-0.39, 0.29) is 17.5 Å². The van der Waals surface area contributed by atoms with Crippen LogP contribution in [0.25, 0.3) is 89.1 Å². The Labute approximate surface area is 534 Å². The smallest absolute Gasteiger partial charge is 0.252 e. The lowest BCUT2D eigenvalue weighted by atomic mass is 9.33. The van der Waals surface area contributed by atoms with Gasteiger partial charge < -0.3 is 37.6 Å². The van der Waals surface area contributed by atoms with Crippen LogP contribution >= 0.6 is 0 Å². The van der Waals surface area contributed by atoms with Crippen LogP contribution in [0.3, 0.4) is 0 Å². The molecule has 0 saturated heterocycles. The van der Waals surface area contributed by atoms with E-state index in [2.05, 4.69) is 251 Å². The largest absolute Gasteiger partial charge is 0.489 e. The molecule has 0 unspecified atom stereocenters. The molecule has 0 radical (unpaired) electrons. The second-order valence-electron chi connectivity index (χ2n) is 26.8. The molecular weight excluding hydrogens is 1130 g/mol. The Hall–Kier alpha value is -10.6. The second-order valence-corrected chi connectivity index (χ2v) is 26.8. The molecule has 0 N–H and O–H groups in total. The first kappa shape index (κ1) is 53.2. The van der Waals surface area contributed by atoms with Crippen molar-refractivity contribution in [2.24, 2.45) is 0 Å². The average molecular weight is 1200 g/mol. The number of para-hydroxylation sites is 2. The van der Waals surface area contributed by atoms with Crippen molar-refractivity contribution in [1.82, 2.24) is 0 Å². The lowest BCUT2D eigenvalue weighted by molar-refractivity contribution is 0.297. The summed E-state index contributed by atoms with van der Waals surface area (Å²) in [5.41, 5.74) is 28.3. The van der Waals surface area contributed by atoms with E-state index in [1.165, 1.54) is 44.5 Å². The number of nitrogens with zero attached hydrogens (tertiary/aromatic N) is 2. The minimum absolute atomic E-state index is 0.202. The van der Waals surface area contributed by atoms with Crippen LogP contribution in [0.2, 0.25) is 0 Å². The topological polar surface area (TPSA) is 69.7 Å². The van der Waals surface area contributed by atoms with E-state index in [0.717, 1.165) is 159 Å². The van der Waals surface area contributed by atoms with Crippen molar-refractivity contribution in [2.75, 3.05) is 36.2 Å². The quantitative estimate of drug-likeness (QED) is 0.153. The second kappa shape index (κ2) is 19.7. The first-order valence-electron chi connectivity index (χ1n) is 32.4. The minimum atomic E-state index is -0.287. The van der Waals surface area contributed by atoms with Crippen LogP contribution in [-0.2, 0) is 10.8 Å². The number of anilines is 6. The monoisotopic (exact) mass is 1190 g/mol. The van der Waals surface area contributed by atoms with E-state index >= 15 is 0 Å². The Morgan fingerprint density at radius 1 is 0.370 bits per heavy atom. The maximum absolute atomic E-state index is 7.09. The van der Waals surface area contributed by atoms with E-state index in [1.807, 2.05) is 12.1 Å². The van der Waals surface area contributed by atoms with Gasteiger partial charge in [0.15, 0.2) is 23.0 Å². The van der Waals surface area contributed by atoms with Crippen LogP contribution in [0, 0.1) is 6.92 Å². The van der Waals surface area contributed by atoms with Crippen LogP contribution in [0.5, 0.6) is 23.0 Å². The van der Waals surface area contributed by atoms with Gasteiger partial charge in [0.1, 0.15) is 22.7 Å². The Morgan fingerprint density at radius 2 is 0.793 bits per heavy atom. The minimum Gasteiger partial charge on any atom is -0.489 e. The number of fused-ring (bicyclic) bond motifs is 16. The molecule has 4 aliphatic heterocycles. The molecule has 0 saturated carbocycles. The molecule has 0 atom stereocenters. The highest BCUT2D eigenvalue weighted by Crippen LogP contribution is 2.56. The fourth-order valence-corrected chi connectivity index (χ4v) is 16.2. The summed E-state index contributed by atoms with van der Waals surface area (Å²) in [5.74, 6) is 4.47. The van der Waals surface area contributed by atoms with Gasteiger partial charge in [-0.25, -0.2) is 0 Å². The number of benzene rings is 11. The summed E-state index contributed by atoms with van der Waals surface area (Å²) in [6.07, 6.45) is 1.51.